The third-order valence-corrected chi connectivity index (χ3v) is 9.45. The van der Waals surface area contributed by atoms with Crippen molar-refractivity contribution in [1.29, 1.82) is 0 Å². The van der Waals surface area contributed by atoms with E-state index in [9.17, 15) is 18.0 Å². The van der Waals surface area contributed by atoms with Crippen LogP contribution >= 0.6 is 34.8 Å². The molecule has 7 nitrogen and oxygen atoms in total. The highest BCUT2D eigenvalue weighted by molar-refractivity contribution is 7.92. The van der Waals surface area contributed by atoms with Gasteiger partial charge in [-0.2, -0.15) is 0 Å². The van der Waals surface area contributed by atoms with Gasteiger partial charge in [0.05, 0.1) is 15.6 Å². The molecule has 0 aliphatic rings. The van der Waals surface area contributed by atoms with Crippen molar-refractivity contribution in [3.63, 3.8) is 0 Å². The fourth-order valence-corrected chi connectivity index (χ4v) is 6.25. The molecule has 3 rings (SSSR count). The first kappa shape index (κ1) is 32.7. The van der Waals surface area contributed by atoms with Crippen molar-refractivity contribution >= 4 is 62.3 Å². The van der Waals surface area contributed by atoms with Gasteiger partial charge in [0.15, 0.2) is 0 Å². The van der Waals surface area contributed by atoms with Crippen LogP contribution in [0.25, 0.3) is 0 Å². The number of nitrogens with zero attached hydrogens (tertiary/aromatic N) is 2. The maximum atomic E-state index is 14.2. The number of carbonyl (C=O) groups is 2. The van der Waals surface area contributed by atoms with Crippen LogP contribution in [0.4, 0.5) is 5.69 Å². The van der Waals surface area contributed by atoms with E-state index in [1.165, 1.54) is 35.2 Å². The minimum atomic E-state index is -4.28. The zero-order chi connectivity index (χ0) is 30.3. The first-order valence-electron chi connectivity index (χ1n) is 13.3. The number of hydrogen-bond donors (Lipinski definition) is 1. The predicted molar refractivity (Wildman–Crippen MR) is 166 cm³/mol. The molecule has 0 heterocycles. The molecule has 0 spiro atoms. The van der Waals surface area contributed by atoms with E-state index in [1.54, 1.807) is 43.3 Å². The normalized spacial score (nSPS) is 12.9. The van der Waals surface area contributed by atoms with Gasteiger partial charge in [0.2, 0.25) is 11.8 Å². The largest absolute Gasteiger partial charge is 0.352 e. The number of hydrogen-bond acceptors (Lipinski definition) is 4. The van der Waals surface area contributed by atoms with E-state index in [2.05, 4.69) is 5.32 Å². The average molecular weight is 639 g/mol. The highest BCUT2D eigenvalue weighted by atomic mass is 35.5. The molecule has 0 saturated carbocycles. The Morgan fingerprint density at radius 2 is 1.56 bits per heavy atom. The van der Waals surface area contributed by atoms with Gasteiger partial charge >= 0.3 is 0 Å². The van der Waals surface area contributed by atoms with Crippen LogP contribution in [0.2, 0.25) is 15.1 Å². The number of sulfonamides is 1. The van der Waals surface area contributed by atoms with Crippen LogP contribution in [-0.4, -0.2) is 43.8 Å². The summed E-state index contributed by atoms with van der Waals surface area (Å²) in [5.74, 6) is -0.946. The monoisotopic (exact) mass is 637 g/mol. The maximum Gasteiger partial charge on any atom is 0.264 e. The summed E-state index contributed by atoms with van der Waals surface area (Å²) >= 11 is 19.1. The Kier molecular flexibility index (Phi) is 11.5. The lowest BCUT2D eigenvalue weighted by atomic mass is 10.1. The SMILES string of the molecule is CC[C@@H](C)NC(=O)[C@H](CC)N(Cc1ccccc1Cl)C(=O)CN(c1cc(Cl)ccc1Cl)S(=O)(=O)c1ccc(C)cc1. The summed E-state index contributed by atoms with van der Waals surface area (Å²) in [6, 6.07) is 16.7. The first-order chi connectivity index (χ1) is 19.4. The summed E-state index contributed by atoms with van der Waals surface area (Å²) in [6.45, 7) is 6.82. The Bertz CT molecular complexity index is 1480. The van der Waals surface area contributed by atoms with Gasteiger partial charge in [0.1, 0.15) is 12.6 Å². The quantitative estimate of drug-likeness (QED) is 0.235. The molecule has 0 aliphatic carbocycles. The van der Waals surface area contributed by atoms with Gasteiger partial charge in [-0.05, 0) is 68.7 Å². The molecule has 2 amide bonds. The van der Waals surface area contributed by atoms with E-state index in [0.717, 1.165) is 9.87 Å². The van der Waals surface area contributed by atoms with Crippen molar-refractivity contribution in [3.8, 4) is 0 Å². The van der Waals surface area contributed by atoms with Crippen molar-refractivity contribution in [2.75, 3.05) is 10.8 Å². The van der Waals surface area contributed by atoms with E-state index >= 15 is 0 Å². The molecule has 1 N–H and O–H groups in total. The maximum absolute atomic E-state index is 14.2. The molecule has 0 aromatic heterocycles. The molecule has 2 atom stereocenters. The smallest absolute Gasteiger partial charge is 0.264 e. The second kappa shape index (κ2) is 14.4. The van der Waals surface area contributed by atoms with Gasteiger partial charge in [-0.25, -0.2) is 8.42 Å². The molecule has 3 aromatic carbocycles. The first-order valence-corrected chi connectivity index (χ1v) is 15.8. The number of halogens is 3. The van der Waals surface area contributed by atoms with Crippen LogP contribution in [0.3, 0.4) is 0 Å². The Morgan fingerprint density at radius 3 is 2.17 bits per heavy atom. The minimum absolute atomic E-state index is 0.00730. The molecule has 0 unspecified atom stereocenters. The minimum Gasteiger partial charge on any atom is -0.352 e. The van der Waals surface area contributed by atoms with Gasteiger partial charge < -0.3 is 10.2 Å². The van der Waals surface area contributed by atoms with E-state index in [4.69, 9.17) is 34.8 Å². The molecular formula is C30H34Cl3N3O4S. The molecular weight excluding hydrogens is 605 g/mol. The molecule has 41 heavy (non-hydrogen) atoms. The van der Waals surface area contributed by atoms with E-state index in [-0.39, 0.29) is 39.1 Å². The standard InChI is InChI=1S/C30H34Cl3N3O4S/c1-5-21(4)34-30(38)27(6-2)35(18-22-9-7-8-10-25(22)32)29(37)19-36(28-17-23(31)13-16-26(28)33)41(39,40)24-14-11-20(3)12-15-24/h7-17,21,27H,5-6,18-19H2,1-4H3,(H,34,38)/t21-,27+/m1/s1. The van der Waals surface area contributed by atoms with Crippen molar-refractivity contribution in [2.45, 2.75) is 64.1 Å². The fourth-order valence-electron chi connectivity index (χ4n) is 4.20. The Balaban J connectivity index is 2.11. The fraction of sp³-hybridized carbons (Fsp3) is 0.333. The molecule has 220 valence electrons. The van der Waals surface area contributed by atoms with Crippen LogP contribution in [-0.2, 0) is 26.2 Å². The summed E-state index contributed by atoms with van der Waals surface area (Å²) in [5, 5.41) is 3.70. The summed E-state index contributed by atoms with van der Waals surface area (Å²) in [4.78, 5) is 28.9. The van der Waals surface area contributed by atoms with Crippen molar-refractivity contribution < 1.29 is 18.0 Å². The molecule has 3 aromatic rings. The number of carbonyl (C=O) groups excluding carboxylic acids is 2. The van der Waals surface area contributed by atoms with Gasteiger partial charge in [-0.3, -0.25) is 13.9 Å². The molecule has 11 heteroatoms. The van der Waals surface area contributed by atoms with Crippen LogP contribution in [0.1, 0.15) is 44.7 Å². The number of anilines is 1. The number of aryl methyl sites for hydroxylation is 1. The number of nitrogens with one attached hydrogen (secondary N) is 1. The highest BCUT2D eigenvalue weighted by Crippen LogP contribution is 2.33. The van der Waals surface area contributed by atoms with Crippen molar-refractivity contribution in [1.82, 2.24) is 10.2 Å². The Hall–Kier alpha value is -2.78. The number of amides is 2. The average Bonchev–Trinajstić information content (AvgIpc) is 2.94. The zero-order valence-electron chi connectivity index (χ0n) is 23.4. The third-order valence-electron chi connectivity index (χ3n) is 6.75. The van der Waals surface area contributed by atoms with E-state index in [1.807, 2.05) is 20.8 Å². The lowest BCUT2D eigenvalue weighted by molar-refractivity contribution is -0.140. The summed E-state index contributed by atoms with van der Waals surface area (Å²) in [5.41, 5.74) is 1.53. The van der Waals surface area contributed by atoms with E-state index < -0.39 is 28.5 Å². The lowest BCUT2D eigenvalue weighted by Gasteiger charge is -2.34. The molecule has 0 fully saturated rings. The van der Waals surface area contributed by atoms with Crippen LogP contribution in [0.15, 0.2) is 71.6 Å². The second-order valence-corrected chi connectivity index (χ2v) is 12.9. The van der Waals surface area contributed by atoms with Gasteiger partial charge in [-0.15, -0.1) is 0 Å². The topological polar surface area (TPSA) is 86.8 Å². The number of rotatable bonds is 12. The van der Waals surface area contributed by atoms with Crippen molar-refractivity contribution in [3.05, 3.63) is 92.9 Å². The van der Waals surface area contributed by atoms with Crippen molar-refractivity contribution in [2.24, 2.45) is 0 Å². The second-order valence-electron chi connectivity index (χ2n) is 9.78. The third kappa shape index (κ3) is 8.16. The van der Waals surface area contributed by atoms with E-state index in [0.29, 0.717) is 23.4 Å². The molecule has 0 aliphatic heterocycles. The highest BCUT2D eigenvalue weighted by Gasteiger charge is 2.35. The Morgan fingerprint density at radius 1 is 0.902 bits per heavy atom. The Labute approximate surface area is 257 Å². The number of benzene rings is 3. The summed E-state index contributed by atoms with van der Waals surface area (Å²) in [6.07, 6.45) is 0.998. The lowest BCUT2D eigenvalue weighted by Crippen LogP contribution is -2.53. The summed E-state index contributed by atoms with van der Waals surface area (Å²) < 4.78 is 28.9. The van der Waals surface area contributed by atoms with Gasteiger partial charge in [-0.1, -0.05) is 84.5 Å². The predicted octanol–water partition coefficient (Wildman–Crippen LogP) is 6.87. The molecule has 0 radical (unpaired) electrons. The summed E-state index contributed by atoms with van der Waals surface area (Å²) in [7, 11) is -4.28. The molecule has 0 saturated heterocycles. The van der Waals surface area contributed by atoms with Crippen LogP contribution in [0, 0.1) is 6.92 Å². The van der Waals surface area contributed by atoms with Crippen LogP contribution in [0.5, 0.6) is 0 Å². The van der Waals surface area contributed by atoms with Crippen LogP contribution < -0.4 is 9.62 Å². The zero-order valence-corrected chi connectivity index (χ0v) is 26.5. The molecule has 0 bridgehead atoms. The van der Waals surface area contributed by atoms with Gasteiger partial charge in [0, 0.05) is 22.6 Å². The van der Waals surface area contributed by atoms with Gasteiger partial charge in [0.25, 0.3) is 10.0 Å².